The van der Waals surface area contributed by atoms with E-state index in [0.29, 0.717) is 28.9 Å². The number of aromatic nitrogens is 4. The zero-order chi connectivity index (χ0) is 23.3. The van der Waals surface area contributed by atoms with Gasteiger partial charge in [-0.05, 0) is 59.5 Å². The van der Waals surface area contributed by atoms with Gasteiger partial charge in [0.25, 0.3) is 0 Å². The van der Waals surface area contributed by atoms with Crippen LogP contribution in [0.2, 0.25) is 0 Å². The number of unbranched alkanes of at least 4 members (excludes halogenated alkanes) is 1. The Labute approximate surface area is 183 Å². The van der Waals surface area contributed by atoms with Gasteiger partial charge in [-0.2, -0.15) is 22.5 Å². The quantitative estimate of drug-likeness (QED) is 0.379. The molecule has 0 unspecified atom stereocenters. The van der Waals surface area contributed by atoms with Crippen LogP contribution in [0.4, 0.5) is 13.2 Å². The van der Waals surface area contributed by atoms with Crippen LogP contribution in [-0.2, 0) is 24.7 Å². The molecule has 2 aromatic carbocycles. The molecular formula is C22H24F3N5O2. The highest BCUT2D eigenvalue weighted by Gasteiger charge is 2.30. The predicted molar refractivity (Wildman–Crippen MR) is 114 cm³/mol. The summed E-state index contributed by atoms with van der Waals surface area (Å²) in [6.45, 7) is 3.86. The van der Waals surface area contributed by atoms with E-state index in [1.807, 2.05) is 19.9 Å². The summed E-state index contributed by atoms with van der Waals surface area (Å²) in [6, 6.07) is 10.4. The molecule has 0 aliphatic carbocycles. The van der Waals surface area contributed by atoms with Gasteiger partial charge < -0.3 is 4.84 Å². The molecule has 170 valence electrons. The van der Waals surface area contributed by atoms with E-state index in [9.17, 15) is 18.0 Å². The summed E-state index contributed by atoms with van der Waals surface area (Å²) in [7, 11) is 1.50. The van der Waals surface area contributed by atoms with E-state index in [1.165, 1.54) is 17.8 Å². The number of nitrogens with zero attached hydrogens (tertiary/aromatic N) is 5. The van der Waals surface area contributed by atoms with Gasteiger partial charge in [0.2, 0.25) is 0 Å². The Morgan fingerprint density at radius 3 is 2.56 bits per heavy atom. The molecule has 0 atom stereocenters. The van der Waals surface area contributed by atoms with Crippen LogP contribution in [0.25, 0.3) is 5.69 Å². The average Bonchev–Trinajstić information content (AvgIpc) is 3.09. The van der Waals surface area contributed by atoms with E-state index in [0.717, 1.165) is 35.2 Å². The van der Waals surface area contributed by atoms with Crippen molar-refractivity contribution in [2.75, 3.05) is 0 Å². The third-order valence-electron chi connectivity index (χ3n) is 5.01. The van der Waals surface area contributed by atoms with Gasteiger partial charge in [0.05, 0.1) is 17.0 Å². The first-order valence-electron chi connectivity index (χ1n) is 10.2. The number of halogens is 3. The number of hydrogen-bond donors (Lipinski definition) is 0. The number of rotatable bonds is 8. The molecule has 0 saturated carbocycles. The second kappa shape index (κ2) is 9.80. The van der Waals surface area contributed by atoms with Crippen molar-refractivity contribution in [3.8, 4) is 5.69 Å². The van der Waals surface area contributed by atoms with Crippen molar-refractivity contribution in [1.29, 1.82) is 0 Å². The van der Waals surface area contributed by atoms with Crippen molar-refractivity contribution in [3.05, 3.63) is 75.2 Å². The lowest BCUT2D eigenvalue weighted by Crippen LogP contribution is -2.23. The summed E-state index contributed by atoms with van der Waals surface area (Å²) < 4.78 is 41.7. The van der Waals surface area contributed by atoms with Gasteiger partial charge in [-0.1, -0.05) is 42.8 Å². The predicted octanol–water partition coefficient (Wildman–Crippen LogP) is 4.40. The first kappa shape index (κ1) is 23.2. The lowest BCUT2D eigenvalue weighted by molar-refractivity contribution is -0.137. The molecule has 0 radical (unpaired) electrons. The number of aryl methyl sites for hydroxylation is 2. The van der Waals surface area contributed by atoms with E-state index in [-0.39, 0.29) is 6.61 Å². The maximum absolute atomic E-state index is 13.1. The average molecular weight is 447 g/mol. The van der Waals surface area contributed by atoms with Crippen molar-refractivity contribution < 1.29 is 18.0 Å². The van der Waals surface area contributed by atoms with Gasteiger partial charge in [-0.3, -0.25) is 0 Å². The Hall–Kier alpha value is -3.43. The van der Waals surface area contributed by atoms with E-state index >= 15 is 0 Å². The van der Waals surface area contributed by atoms with Crippen molar-refractivity contribution in [3.63, 3.8) is 0 Å². The minimum absolute atomic E-state index is 0.0135. The maximum Gasteiger partial charge on any atom is 0.416 e. The summed E-state index contributed by atoms with van der Waals surface area (Å²) in [5.41, 5.74) is 1.69. The first-order valence-corrected chi connectivity index (χ1v) is 10.2. The molecule has 1 aromatic heterocycles. The Balaban J connectivity index is 1.90. The minimum Gasteiger partial charge on any atom is -0.391 e. The highest BCUT2D eigenvalue weighted by molar-refractivity contribution is 6.00. The molecule has 0 aliphatic heterocycles. The van der Waals surface area contributed by atoms with Crippen LogP contribution in [0.1, 0.15) is 48.4 Å². The van der Waals surface area contributed by atoms with E-state index in [2.05, 4.69) is 15.6 Å². The number of benzene rings is 2. The summed E-state index contributed by atoms with van der Waals surface area (Å²) >= 11 is 0. The van der Waals surface area contributed by atoms with Gasteiger partial charge in [0, 0.05) is 12.6 Å². The van der Waals surface area contributed by atoms with E-state index in [4.69, 9.17) is 4.84 Å². The van der Waals surface area contributed by atoms with Crippen molar-refractivity contribution >= 4 is 5.71 Å². The zero-order valence-corrected chi connectivity index (χ0v) is 18.1. The zero-order valence-electron chi connectivity index (χ0n) is 18.1. The highest BCUT2D eigenvalue weighted by atomic mass is 19.4. The Morgan fingerprint density at radius 1 is 1.16 bits per heavy atom. The topological polar surface area (TPSA) is 74.3 Å². The minimum atomic E-state index is -4.44. The smallest absolute Gasteiger partial charge is 0.391 e. The Bertz CT molecular complexity index is 1160. The lowest BCUT2D eigenvalue weighted by Gasteiger charge is -2.12. The van der Waals surface area contributed by atoms with Crippen LogP contribution in [0.15, 0.2) is 52.4 Å². The highest BCUT2D eigenvalue weighted by Crippen LogP contribution is 2.30. The third-order valence-corrected chi connectivity index (χ3v) is 5.01. The number of alkyl halides is 3. The van der Waals surface area contributed by atoms with Crippen molar-refractivity contribution in [1.82, 2.24) is 19.8 Å². The van der Waals surface area contributed by atoms with Crippen LogP contribution in [0.3, 0.4) is 0 Å². The summed E-state index contributed by atoms with van der Waals surface area (Å²) in [6.07, 6.45) is -2.35. The first-order chi connectivity index (χ1) is 15.2. The van der Waals surface area contributed by atoms with Crippen LogP contribution in [0.5, 0.6) is 0 Å². The van der Waals surface area contributed by atoms with Crippen LogP contribution in [0, 0.1) is 6.92 Å². The van der Waals surface area contributed by atoms with Gasteiger partial charge in [0.15, 0.2) is 0 Å². The van der Waals surface area contributed by atoms with Crippen LogP contribution >= 0.6 is 0 Å². The molecule has 0 bridgehead atoms. The molecule has 3 aromatic rings. The molecule has 3 rings (SSSR count). The molecule has 10 heteroatoms. The molecule has 0 fully saturated rings. The molecule has 7 nitrogen and oxygen atoms in total. The molecule has 0 amide bonds. The monoisotopic (exact) mass is 447 g/mol. The fraction of sp³-hybridized carbons (Fsp3) is 0.364. The number of hydrogen-bond acceptors (Lipinski definition) is 5. The molecular weight excluding hydrogens is 423 g/mol. The summed E-state index contributed by atoms with van der Waals surface area (Å²) in [5.74, 6) is 0. The SMILES string of the molecule is CCCC/C(=N/OCc1c(C)cccc1-n1nnn(C)c1=O)c1cccc(C(F)(F)F)c1. The van der Waals surface area contributed by atoms with Gasteiger partial charge in [-0.25, -0.2) is 4.79 Å². The van der Waals surface area contributed by atoms with E-state index in [1.54, 1.807) is 18.2 Å². The van der Waals surface area contributed by atoms with E-state index < -0.39 is 17.4 Å². The third kappa shape index (κ3) is 5.24. The molecule has 32 heavy (non-hydrogen) atoms. The van der Waals surface area contributed by atoms with Crippen molar-refractivity contribution in [2.45, 2.75) is 45.9 Å². The lowest BCUT2D eigenvalue weighted by atomic mass is 10.0. The van der Waals surface area contributed by atoms with Crippen LogP contribution in [-0.4, -0.2) is 25.5 Å². The number of tetrazole rings is 1. The Morgan fingerprint density at radius 2 is 1.91 bits per heavy atom. The second-order valence-electron chi connectivity index (χ2n) is 7.36. The van der Waals surface area contributed by atoms with Crippen molar-refractivity contribution in [2.24, 2.45) is 12.2 Å². The number of oxime groups is 1. The van der Waals surface area contributed by atoms with Gasteiger partial charge in [0.1, 0.15) is 6.61 Å². The fourth-order valence-electron chi connectivity index (χ4n) is 3.17. The maximum atomic E-state index is 13.1. The molecule has 0 spiro atoms. The summed E-state index contributed by atoms with van der Waals surface area (Å²) in [5, 5.41) is 11.8. The standard InChI is InChI=1S/C22H24F3N5O2/c1-4-5-11-19(16-9-7-10-17(13-16)22(23,24)25)26-32-14-18-15(2)8-6-12-20(18)30-21(31)29(3)27-28-30/h6-10,12-13H,4-5,11,14H2,1-3H3/b26-19-. The second-order valence-corrected chi connectivity index (χ2v) is 7.36. The molecule has 0 aliphatic rings. The van der Waals surface area contributed by atoms with Crippen LogP contribution < -0.4 is 5.69 Å². The van der Waals surface area contributed by atoms with Gasteiger partial charge >= 0.3 is 11.9 Å². The fourth-order valence-corrected chi connectivity index (χ4v) is 3.17. The molecule has 0 saturated heterocycles. The Kier molecular flexibility index (Phi) is 7.12. The summed E-state index contributed by atoms with van der Waals surface area (Å²) in [4.78, 5) is 17.9. The van der Waals surface area contributed by atoms with Gasteiger partial charge in [-0.15, -0.1) is 0 Å². The molecule has 1 heterocycles. The molecule has 0 N–H and O–H groups in total. The largest absolute Gasteiger partial charge is 0.416 e. The normalized spacial score (nSPS) is 12.2.